The van der Waals surface area contributed by atoms with Crippen molar-refractivity contribution < 1.29 is 4.42 Å². The zero-order valence-electron chi connectivity index (χ0n) is 12.1. The van der Waals surface area contributed by atoms with Crippen molar-refractivity contribution in [3.05, 3.63) is 29.1 Å². The van der Waals surface area contributed by atoms with Gasteiger partial charge in [-0.3, -0.25) is 0 Å². The molecule has 3 nitrogen and oxygen atoms in total. The number of hydrogen-bond donors (Lipinski definition) is 1. The number of nitrogens with zero attached hydrogens (tertiary/aromatic N) is 1. The minimum Gasteiger partial charge on any atom is -0.440 e. The van der Waals surface area contributed by atoms with Crippen LogP contribution in [0.2, 0.25) is 0 Å². The fourth-order valence-corrected chi connectivity index (χ4v) is 2.62. The number of rotatable bonds is 5. The summed E-state index contributed by atoms with van der Waals surface area (Å²) in [7, 11) is 0. The van der Waals surface area contributed by atoms with Gasteiger partial charge in [-0.15, -0.1) is 11.3 Å². The third kappa shape index (κ3) is 4.48. The van der Waals surface area contributed by atoms with Crippen molar-refractivity contribution in [1.82, 2.24) is 10.3 Å². The van der Waals surface area contributed by atoms with Gasteiger partial charge < -0.3 is 9.73 Å². The van der Waals surface area contributed by atoms with Gasteiger partial charge >= 0.3 is 0 Å². The predicted molar refractivity (Wildman–Crippen MR) is 80.6 cm³/mol. The first kappa shape index (κ1) is 14.3. The van der Waals surface area contributed by atoms with E-state index in [1.54, 1.807) is 11.3 Å². The molecule has 2 aromatic heterocycles. The average Bonchev–Trinajstić information content (AvgIpc) is 2.92. The lowest BCUT2D eigenvalue weighted by molar-refractivity contribution is 0.413. The number of oxazole rings is 1. The van der Waals surface area contributed by atoms with Gasteiger partial charge in [0.25, 0.3) is 0 Å². The molecule has 0 bridgehead atoms. The fraction of sp³-hybridized carbons (Fsp3) is 0.533. The lowest BCUT2D eigenvalue weighted by Gasteiger charge is -2.19. The molecule has 0 saturated carbocycles. The first-order chi connectivity index (χ1) is 8.94. The summed E-state index contributed by atoms with van der Waals surface area (Å²) >= 11 is 1.74. The smallest absolute Gasteiger partial charge is 0.194 e. The highest BCUT2D eigenvalue weighted by atomic mass is 32.1. The Labute approximate surface area is 119 Å². The van der Waals surface area contributed by atoms with Crippen LogP contribution in [0.3, 0.4) is 0 Å². The van der Waals surface area contributed by atoms with E-state index in [1.165, 1.54) is 4.88 Å². The van der Waals surface area contributed by atoms with E-state index in [1.807, 2.05) is 6.20 Å². The molecule has 0 aliphatic rings. The minimum atomic E-state index is 0.177. The lowest BCUT2D eigenvalue weighted by Crippen LogP contribution is -2.36. The third-order valence-corrected chi connectivity index (χ3v) is 3.77. The third-order valence-electron chi connectivity index (χ3n) is 2.76. The number of nitrogens with one attached hydrogen (secondary N) is 1. The standard InChI is InChI=1S/C15H22N2OS/c1-11-7-8-13(19-11)12-10-16-14(18-12)6-5-9-17-15(2,3)4/h7-8,10,17H,5-6,9H2,1-4H3. The zero-order chi connectivity index (χ0) is 13.9. The molecule has 104 valence electrons. The Morgan fingerprint density at radius 1 is 1.32 bits per heavy atom. The van der Waals surface area contributed by atoms with Crippen molar-refractivity contribution in [1.29, 1.82) is 0 Å². The van der Waals surface area contributed by atoms with Gasteiger partial charge in [0, 0.05) is 16.8 Å². The van der Waals surface area contributed by atoms with Crippen LogP contribution in [0, 0.1) is 6.92 Å². The highest BCUT2D eigenvalue weighted by molar-refractivity contribution is 7.15. The second-order valence-electron chi connectivity index (χ2n) is 5.81. The first-order valence-electron chi connectivity index (χ1n) is 6.70. The van der Waals surface area contributed by atoms with Crippen LogP contribution >= 0.6 is 11.3 Å². The van der Waals surface area contributed by atoms with Crippen molar-refractivity contribution in [3.63, 3.8) is 0 Å². The molecule has 19 heavy (non-hydrogen) atoms. The van der Waals surface area contributed by atoms with E-state index in [9.17, 15) is 0 Å². The molecule has 0 amide bonds. The monoisotopic (exact) mass is 278 g/mol. The van der Waals surface area contributed by atoms with Gasteiger partial charge in [-0.2, -0.15) is 0 Å². The normalized spacial score (nSPS) is 12.0. The van der Waals surface area contributed by atoms with Gasteiger partial charge in [0.2, 0.25) is 0 Å². The molecule has 2 rings (SSSR count). The van der Waals surface area contributed by atoms with E-state index < -0.39 is 0 Å². The summed E-state index contributed by atoms with van der Waals surface area (Å²) in [4.78, 5) is 6.80. The molecule has 2 heterocycles. The van der Waals surface area contributed by atoms with Crippen LogP contribution in [0.1, 0.15) is 38.0 Å². The van der Waals surface area contributed by atoms with Gasteiger partial charge in [0.15, 0.2) is 11.7 Å². The van der Waals surface area contributed by atoms with Gasteiger partial charge in [-0.1, -0.05) is 0 Å². The SMILES string of the molecule is Cc1ccc(-c2cnc(CCCNC(C)(C)C)o2)s1. The Morgan fingerprint density at radius 3 is 2.74 bits per heavy atom. The Balaban J connectivity index is 1.85. The molecule has 4 heteroatoms. The maximum absolute atomic E-state index is 5.79. The molecule has 0 atom stereocenters. The Morgan fingerprint density at radius 2 is 2.11 bits per heavy atom. The van der Waals surface area contributed by atoms with E-state index >= 15 is 0 Å². The number of thiophene rings is 1. The molecule has 0 aliphatic heterocycles. The van der Waals surface area contributed by atoms with Crippen LogP contribution in [-0.4, -0.2) is 17.1 Å². The topological polar surface area (TPSA) is 38.1 Å². The van der Waals surface area contributed by atoms with Crippen LogP contribution in [-0.2, 0) is 6.42 Å². The predicted octanol–water partition coefficient (Wildman–Crippen LogP) is 4.03. The number of aromatic nitrogens is 1. The Bertz CT molecular complexity index is 522. The Hall–Kier alpha value is -1.13. The zero-order valence-corrected chi connectivity index (χ0v) is 12.9. The molecular formula is C15H22N2OS. The molecule has 0 radical (unpaired) electrons. The van der Waals surface area contributed by atoms with Gasteiger partial charge in [-0.05, 0) is 52.8 Å². The van der Waals surface area contributed by atoms with Crippen LogP contribution in [0.25, 0.3) is 10.6 Å². The molecule has 0 aromatic carbocycles. The summed E-state index contributed by atoms with van der Waals surface area (Å²) in [6.45, 7) is 9.61. The summed E-state index contributed by atoms with van der Waals surface area (Å²) < 4.78 is 5.79. The maximum Gasteiger partial charge on any atom is 0.194 e. The quantitative estimate of drug-likeness (QED) is 0.839. The van der Waals surface area contributed by atoms with Crippen molar-refractivity contribution in [2.75, 3.05) is 6.54 Å². The molecule has 0 fully saturated rings. The van der Waals surface area contributed by atoms with Crippen molar-refractivity contribution in [2.45, 2.75) is 46.1 Å². The Kier molecular flexibility index (Phi) is 4.42. The van der Waals surface area contributed by atoms with Crippen molar-refractivity contribution >= 4 is 11.3 Å². The van der Waals surface area contributed by atoms with Crippen LogP contribution < -0.4 is 5.32 Å². The second kappa shape index (κ2) is 5.88. The maximum atomic E-state index is 5.79. The van der Waals surface area contributed by atoms with Gasteiger partial charge in [0.05, 0.1) is 11.1 Å². The molecular weight excluding hydrogens is 256 g/mol. The van der Waals surface area contributed by atoms with Crippen LogP contribution in [0.4, 0.5) is 0 Å². The summed E-state index contributed by atoms with van der Waals surface area (Å²) in [5, 5.41) is 3.47. The van der Waals surface area contributed by atoms with Crippen molar-refractivity contribution in [2.24, 2.45) is 0 Å². The van der Waals surface area contributed by atoms with E-state index in [0.29, 0.717) is 0 Å². The minimum absolute atomic E-state index is 0.177. The highest BCUT2D eigenvalue weighted by Crippen LogP contribution is 2.28. The van der Waals surface area contributed by atoms with E-state index in [4.69, 9.17) is 4.42 Å². The van der Waals surface area contributed by atoms with E-state index in [2.05, 4.69) is 50.1 Å². The number of aryl methyl sites for hydroxylation is 2. The lowest BCUT2D eigenvalue weighted by atomic mass is 10.1. The molecule has 1 N–H and O–H groups in total. The largest absolute Gasteiger partial charge is 0.440 e. The van der Waals surface area contributed by atoms with E-state index in [-0.39, 0.29) is 5.54 Å². The molecule has 0 spiro atoms. The van der Waals surface area contributed by atoms with Crippen LogP contribution in [0.5, 0.6) is 0 Å². The fourth-order valence-electron chi connectivity index (χ4n) is 1.81. The second-order valence-corrected chi connectivity index (χ2v) is 7.10. The van der Waals surface area contributed by atoms with Gasteiger partial charge in [0.1, 0.15) is 0 Å². The average molecular weight is 278 g/mol. The molecule has 0 unspecified atom stereocenters. The van der Waals surface area contributed by atoms with E-state index in [0.717, 1.165) is 35.9 Å². The summed E-state index contributed by atoms with van der Waals surface area (Å²) in [5.41, 5.74) is 0.177. The molecule has 0 saturated heterocycles. The summed E-state index contributed by atoms with van der Waals surface area (Å²) in [5.74, 6) is 1.72. The van der Waals surface area contributed by atoms with Crippen LogP contribution in [0.15, 0.2) is 22.7 Å². The summed E-state index contributed by atoms with van der Waals surface area (Å²) in [6, 6.07) is 4.20. The first-order valence-corrected chi connectivity index (χ1v) is 7.52. The highest BCUT2D eigenvalue weighted by Gasteiger charge is 2.10. The molecule has 0 aliphatic carbocycles. The molecule has 2 aromatic rings. The van der Waals surface area contributed by atoms with Gasteiger partial charge in [-0.25, -0.2) is 4.98 Å². The van der Waals surface area contributed by atoms with Crippen molar-refractivity contribution in [3.8, 4) is 10.6 Å². The summed E-state index contributed by atoms with van der Waals surface area (Å²) in [6.07, 6.45) is 3.76. The number of hydrogen-bond acceptors (Lipinski definition) is 4.